The van der Waals surface area contributed by atoms with E-state index >= 15 is 0 Å². The van der Waals surface area contributed by atoms with E-state index in [1.807, 2.05) is 0 Å². The summed E-state index contributed by atoms with van der Waals surface area (Å²) >= 11 is 0. The van der Waals surface area contributed by atoms with Crippen LogP contribution in [0.25, 0.3) is 0 Å². The molecule has 1 aliphatic rings. The topological polar surface area (TPSA) is 20.3 Å². The van der Waals surface area contributed by atoms with Gasteiger partial charge < -0.3 is 4.90 Å². The van der Waals surface area contributed by atoms with Crippen LogP contribution in [0.3, 0.4) is 0 Å². The van der Waals surface area contributed by atoms with Crippen molar-refractivity contribution in [3.05, 3.63) is 12.7 Å². The fourth-order valence-corrected chi connectivity index (χ4v) is 2.10. The van der Waals surface area contributed by atoms with Crippen molar-refractivity contribution < 1.29 is 4.79 Å². The average Bonchev–Trinajstić information content (AvgIpc) is 2.18. The molecule has 0 bridgehead atoms. The third-order valence-corrected chi connectivity index (χ3v) is 3.00. The van der Waals surface area contributed by atoms with Gasteiger partial charge in [0.15, 0.2) is 5.78 Å². The molecule has 0 spiro atoms. The summed E-state index contributed by atoms with van der Waals surface area (Å²) in [6.45, 7) is 10.2. The smallest absolute Gasteiger partial charge is 0.155 e. The van der Waals surface area contributed by atoms with Gasteiger partial charge in [0.05, 0.1) is 0 Å². The van der Waals surface area contributed by atoms with Crippen molar-refractivity contribution in [1.29, 1.82) is 0 Å². The van der Waals surface area contributed by atoms with Gasteiger partial charge in [-0.1, -0.05) is 6.58 Å². The fraction of sp³-hybridized carbons (Fsp3) is 0.750. The number of hydrogen-bond donors (Lipinski definition) is 0. The van der Waals surface area contributed by atoms with Crippen LogP contribution >= 0.6 is 0 Å². The lowest BCUT2D eigenvalue weighted by Gasteiger charge is -2.35. The Kier molecular flexibility index (Phi) is 4.33. The molecule has 0 saturated carbocycles. The molecule has 14 heavy (non-hydrogen) atoms. The zero-order chi connectivity index (χ0) is 10.6. The second kappa shape index (κ2) is 5.30. The minimum absolute atomic E-state index is 0.195. The minimum atomic E-state index is 0.195. The summed E-state index contributed by atoms with van der Waals surface area (Å²) in [6, 6.07) is 0.608. The predicted octanol–water partition coefficient (Wildman–Crippen LogP) is 2.25. The van der Waals surface area contributed by atoms with Gasteiger partial charge in [-0.25, -0.2) is 0 Å². The maximum Gasteiger partial charge on any atom is 0.155 e. The number of ketones is 1. The van der Waals surface area contributed by atoms with Crippen LogP contribution in [0, 0.1) is 5.92 Å². The third kappa shape index (κ3) is 3.26. The number of hydrogen-bond acceptors (Lipinski definition) is 2. The van der Waals surface area contributed by atoms with E-state index in [0.29, 0.717) is 18.4 Å². The summed E-state index contributed by atoms with van der Waals surface area (Å²) in [7, 11) is 0. The molecule has 1 rings (SSSR count). The van der Waals surface area contributed by atoms with E-state index < -0.39 is 0 Å². The Hall–Kier alpha value is -0.630. The summed E-state index contributed by atoms with van der Waals surface area (Å²) in [4.78, 5) is 13.7. The van der Waals surface area contributed by atoms with Gasteiger partial charge in [-0.15, -0.1) is 0 Å². The molecule has 1 heterocycles. The first-order valence-corrected chi connectivity index (χ1v) is 5.52. The lowest BCUT2D eigenvalue weighted by molar-refractivity contribution is -0.115. The lowest BCUT2D eigenvalue weighted by Crippen LogP contribution is -2.40. The molecule has 0 amide bonds. The van der Waals surface area contributed by atoms with Gasteiger partial charge >= 0.3 is 0 Å². The molecular weight excluding hydrogens is 174 g/mol. The molecule has 2 nitrogen and oxygen atoms in total. The van der Waals surface area contributed by atoms with Crippen LogP contribution < -0.4 is 0 Å². The second-order valence-corrected chi connectivity index (χ2v) is 4.47. The lowest BCUT2D eigenvalue weighted by atomic mass is 9.92. The first-order chi connectivity index (χ1) is 6.63. The van der Waals surface area contributed by atoms with Crippen LogP contribution in [0.2, 0.25) is 0 Å². The zero-order valence-corrected chi connectivity index (χ0v) is 9.33. The van der Waals surface area contributed by atoms with E-state index in [-0.39, 0.29) is 5.78 Å². The van der Waals surface area contributed by atoms with Crippen LogP contribution in [0.4, 0.5) is 0 Å². The molecule has 0 aliphatic carbocycles. The number of carbonyl (C=O) groups excluding carboxylic acids is 1. The van der Waals surface area contributed by atoms with Crippen LogP contribution in [-0.2, 0) is 4.79 Å². The Labute approximate surface area is 87.0 Å². The van der Waals surface area contributed by atoms with E-state index in [0.717, 1.165) is 6.54 Å². The molecule has 0 aromatic carbocycles. The van der Waals surface area contributed by atoms with Crippen molar-refractivity contribution in [2.45, 2.75) is 39.2 Å². The highest BCUT2D eigenvalue weighted by molar-refractivity contribution is 5.89. The number of piperidine rings is 1. The molecule has 1 fully saturated rings. The second-order valence-electron chi connectivity index (χ2n) is 4.47. The maximum absolute atomic E-state index is 11.2. The molecule has 1 aliphatic heterocycles. The fourth-order valence-electron chi connectivity index (χ4n) is 2.10. The summed E-state index contributed by atoms with van der Waals surface area (Å²) in [6.07, 6.45) is 4.57. The van der Waals surface area contributed by atoms with Crippen molar-refractivity contribution >= 4 is 5.78 Å². The number of allylic oxidation sites excluding steroid dienone is 1. The average molecular weight is 195 g/mol. The first kappa shape index (κ1) is 11.4. The van der Waals surface area contributed by atoms with E-state index in [1.165, 1.54) is 25.5 Å². The quantitative estimate of drug-likeness (QED) is 0.641. The molecule has 0 unspecified atom stereocenters. The van der Waals surface area contributed by atoms with Crippen LogP contribution in [0.15, 0.2) is 12.7 Å². The van der Waals surface area contributed by atoms with E-state index in [4.69, 9.17) is 0 Å². The standard InChI is InChI=1S/C12H21NO/c1-4-12(14)8-11-6-5-7-13(9-11)10(2)3/h4,10-11H,1,5-9H2,2-3H3/t11-/m0/s1. The normalized spacial score (nSPS) is 23.8. The zero-order valence-electron chi connectivity index (χ0n) is 9.33. The molecular formula is C12H21NO. The molecule has 0 aromatic rings. The minimum Gasteiger partial charge on any atom is -0.301 e. The summed E-state index contributed by atoms with van der Waals surface area (Å²) < 4.78 is 0. The third-order valence-electron chi connectivity index (χ3n) is 3.00. The largest absolute Gasteiger partial charge is 0.301 e. The van der Waals surface area contributed by atoms with Gasteiger partial charge in [-0.2, -0.15) is 0 Å². The summed E-state index contributed by atoms with van der Waals surface area (Å²) in [5.74, 6) is 0.747. The molecule has 0 radical (unpaired) electrons. The Bertz CT molecular complexity index is 210. The highest BCUT2D eigenvalue weighted by atomic mass is 16.1. The van der Waals surface area contributed by atoms with Crippen LogP contribution in [0.1, 0.15) is 33.1 Å². The predicted molar refractivity (Wildman–Crippen MR) is 59.3 cm³/mol. The van der Waals surface area contributed by atoms with Gasteiger partial charge in [0.1, 0.15) is 0 Å². The van der Waals surface area contributed by atoms with E-state index in [9.17, 15) is 4.79 Å². The molecule has 80 valence electrons. The van der Waals surface area contributed by atoms with Gasteiger partial charge in [-0.05, 0) is 45.2 Å². The Morgan fingerprint density at radius 1 is 1.64 bits per heavy atom. The van der Waals surface area contributed by atoms with Crippen molar-refractivity contribution in [1.82, 2.24) is 4.90 Å². The number of carbonyl (C=O) groups is 1. The molecule has 0 aromatic heterocycles. The van der Waals surface area contributed by atoms with Crippen molar-refractivity contribution in [3.8, 4) is 0 Å². The number of nitrogens with zero attached hydrogens (tertiary/aromatic N) is 1. The van der Waals surface area contributed by atoms with Crippen molar-refractivity contribution in [2.75, 3.05) is 13.1 Å². The molecule has 1 saturated heterocycles. The van der Waals surface area contributed by atoms with Gasteiger partial charge in [0.2, 0.25) is 0 Å². The van der Waals surface area contributed by atoms with E-state index in [2.05, 4.69) is 25.3 Å². The first-order valence-electron chi connectivity index (χ1n) is 5.52. The van der Waals surface area contributed by atoms with E-state index in [1.54, 1.807) is 0 Å². The van der Waals surface area contributed by atoms with Gasteiger partial charge in [0, 0.05) is 19.0 Å². The number of likely N-dealkylation sites (tertiary alicyclic amines) is 1. The molecule has 1 atom stereocenters. The van der Waals surface area contributed by atoms with Crippen molar-refractivity contribution in [3.63, 3.8) is 0 Å². The monoisotopic (exact) mass is 195 g/mol. The SMILES string of the molecule is C=CC(=O)C[C@@H]1CCCN(C(C)C)C1. The Morgan fingerprint density at radius 2 is 2.36 bits per heavy atom. The Morgan fingerprint density at radius 3 is 2.93 bits per heavy atom. The Balaban J connectivity index is 2.39. The molecule has 0 N–H and O–H groups in total. The molecule has 2 heteroatoms. The number of rotatable bonds is 4. The van der Waals surface area contributed by atoms with Crippen LogP contribution in [0.5, 0.6) is 0 Å². The van der Waals surface area contributed by atoms with Gasteiger partial charge in [-0.3, -0.25) is 4.79 Å². The highest BCUT2D eigenvalue weighted by Crippen LogP contribution is 2.21. The summed E-state index contributed by atoms with van der Waals surface area (Å²) in [5.41, 5.74) is 0. The van der Waals surface area contributed by atoms with Gasteiger partial charge in [0.25, 0.3) is 0 Å². The van der Waals surface area contributed by atoms with Crippen LogP contribution in [-0.4, -0.2) is 29.8 Å². The maximum atomic E-state index is 11.2. The van der Waals surface area contributed by atoms with Crippen molar-refractivity contribution in [2.24, 2.45) is 5.92 Å². The summed E-state index contributed by atoms with van der Waals surface area (Å²) in [5, 5.41) is 0. The highest BCUT2D eigenvalue weighted by Gasteiger charge is 2.22.